The number of hydrogen-bond acceptors (Lipinski definition) is 2. The van der Waals surface area contributed by atoms with Gasteiger partial charge < -0.3 is 9.88 Å². The van der Waals surface area contributed by atoms with E-state index in [1.807, 2.05) is 60.9 Å². The summed E-state index contributed by atoms with van der Waals surface area (Å²) in [4.78, 5) is 17.1. The molecule has 1 aromatic heterocycles. The summed E-state index contributed by atoms with van der Waals surface area (Å²) >= 11 is 0. The largest absolute Gasteiger partial charge is 0.342 e. The summed E-state index contributed by atoms with van der Waals surface area (Å²) < 4.78 is 1.97. The van der Waals surface area contributed by atoms with Crippen molar-refractivity contribution in [2.75, 3.05) is 0 Å². The van der Waals surface area contributed by atoms with Crippen LogP contribution in [0.2, 0.25) is 0 Å². The molecule has 1 unspecified atom stereocenters. The van der Waals surface area contributed by atoms with E-state index in [1.54, 1.807) is 6.07 Å². The molecule has 4 nitrogen and oxygen atoms in total. The molecular weight excluding hydrogens is 298 g/mol. The molecule has 0 fully saturated rings. The molecule has 1 amide bonds. The maximum absolute atomic E-state index is 12.5. The van der Waals surface area contributed by atoms with Gasteiger partial charge in [-0.2, -0.15) is 0 Å². The van der Waals surface area contributed by atoms with E-state index in [0.29, 0.717) is 12.1 Å². The zero-order chi connectivity index (χ0) is 17.1. The van der Waals surface area contributed by atoms with Gasteiger partial charge in [0.2, 0.25) is 0 Å². The van der Waals surface area contributed by atoms with Gasteiger partial charge in [0.15, 0.2) is 0 Å². The van der Waals surface area contributed by atoms with Gasteiger partial charge in [-0.3, -0.25) is 4.79 Å². The molecule has 3 aromatic rings. The van der Waals surface area contributed by atoms with Crippen molar-refractivity contribution < 1.29 is 4.79 Å². The number of aryl methyl sites for hydroxylation is 1. The van der Waals surface area contributed by atoms with Crippen LogP contribution in [0.1, 0.15) is 34.7 Å². The first-order valence-corrected chi connectivity index (χ1v) is 7.86. The Morgan fingerprint density at radius 1 is 1.29 bits per heavy atom. The van der Waals surface area contributed by atoms with Crippen molar-refractivity contribution >= 4 is 16.9 Å². The Hall–Kier alpha value is -3.06. The molecule has 0 bridgehead atoms. The minimum Gasteiger partial charge on any atom is -0.342 e. The zero-order valence-electron chi connectivity index (χ0n) is 13.8. The maximum Gasteiger partial charge on any atom is 0.251 e. The minimum absolute atomic E-state index is 0.120. The molecule has 0 aliphatic heterocycles. The molecule has 0 aliphatic carbocycles. The highest BCUT2D eigenvalue weighted by Gasteiger charge is 2.18. The van der Waals surface area contributed by atoms with Crippen LogP contribution >= 0.6 is 0 Å². The van der Waals surface area contributed by atoms with Gasteiger partial charge >= 0.3 is 0 Å². The molecule has 4 heteroatoms. The van der Waals surface area contributed by atoms with Crippen LogP contribution in [-0.2, 0) is 6.54 Å². The summed E-state index contributed by atoms with van der Waals surface area (Å²) in [7, 11) is 0. The molecule has 0 aliphatic rings. The summed E-state index contributed by atoms with van der Waals surface area (Å²) in [6, 6.07) is 15.1. The van der Waals surface area contributed by atoms with E-state index in [9.17, 15) is 4.79 Å². The van der Waals surface area contributed by atoms with E-state index < -0.39 is 0 Å². The van der Waals surface area contributed by atoms with Gasteiger partial charge in [-0.15, -0.1) is 6.42 Å². The summed E-state index contributed by atoms with van der Waals surface area (Å²) in [6.45, 7) is 4.30. The van der Waals surface area contributed by atoms with E-state index in [1.165, 1.54) is 0 Å². The smallest absolute Gasteiger partial charge is 0.251 e. The first kappa shape index (κ1) is 15.8. The third-order valence-corrected chi connectivity index (χ3v) is 3.95. The van der Waals surface area contributed by atoms with Crippen molar-refractivity contribution in [1.29, 1.82) is 0 Å². The third kappa shape index (κ3) is 3.02. The summed E-state index contributed by atoms with van der Waals surface area (Å²) in [5, 5.41) is 3.01. The Bertz CT molecular complexity index is 933. The first-order chi connectivity index (χ1) is 11.6. The van der Waals surface area contributed by atoms with Crippen molar-refractivity contribution in [3.8, 4) is 12.3 Å². The molecule has 120 valence electrons. The molecule has 3 rings (SSSR count). The fourth-order valence-corrected chi connectivity index (χ4v) is 2.81. The van der Waals surface area contributed by atoms with Gasteiger partial charge in [-0.25, -0.2) is 4.98 Å². The van der Waals surface area contributed by atoms with Gasteiger partial charge in [-0.1, -0.05) is 35.7 Å². The number of aromatic nitrogens is 2. The van der Waals surface area contributed by atoms with E-state index in [2.05, 4.69) is 16.2 Å². The summed E-state index contributed by atoms with van der Waals surface area (Å²) in [6.07, 6.45) is 5.50. The predicted molar refractivity (Wildman–Crippen MR) is 95.6 cm³/mol. The Morgan fingerprint density at radius 3 is 2.83 bits per heavy atom. The number of fused-ring (bicyclic) bond motifs is 1. The average Bonchev–Trinajstić information content (AvgIpc) is 2.94. The fraction of sp³-hybridized carbons (Fsp3) is 0.200. The standard InChI is InChI=1S/C20H19N3O/c1-4-12-23-18-11-6-5-10-17(18)22-19(23)15(3)21-20(24)16-9-7-8-14(2)13-16/h1,5-11,13,15H,12H2,2-3H3,(H,21,24). The van der Waals surface area contributed by atoms with Gasteiger partial charge in [0, 0.05) is 5.56 Å². The van der Waals surface area contributed by atoms with Crippen molar-refractivity contribution in [1.82, 2.24) is 14.9 Å². The monoisotopic (exact) mass is 317 g/mol. The first-order valence-electron chi connectivity index (χ1n) is 7.86. The van der Waals surface area contributed by atoms with Crippen LogP contribution in [0.4, 0.5) is 0 Å². The van der Waals surface area contributed by atoms with Crippen LogP contribution in [0.3, 0.4) is 0 Å². The lowest BCUT2D eigenvalue weighted by molar-refractivity contribution is 0.0937. The molecule has 0 radical (unpaired) electrons. The number of carbonyl (C=O) groups is 1. The van der Waals surface area contributed by atoms with Crippen LogP contribution in [0.5, 0.6) is 0 Å². The minimum atomic E-state index is -0.251. The zero-order valence-corrected chi connectivity index (χ0v) is 13.8. The number of hydrogen-bond donors (Lipinski definition) is 1. The molecule has 0 spiro atoms. The Morgan fingerprint density at radius 2 is 2.08 bits per heavy atom. The highest BCUT2D eigenvalue weighted by molar-refractivity contribution is 5.94. The number of nitrogens with zero attached hydrogens (tertiary/aromatic N) is 2. The SMILES string of the molecule is C#CCn1c(C(C)NC(=O)c2cccc(C)c2)nc2ccccc21. The third-order valence-electron chi connectivity index (χ3n) is 3.95. The second kappa shape index (κ2) is 6.59. The van der Waals surface area contributed by atoms with Crippen molar-refractivity contribution in [2.45, 2.75) is 26.4 Å². The van der Waals surface area contributed by atoms with Gasteiger partial charge in [0.05, 0.1) is 23.6 Å². The molecular formula is C20H19N3O. The Labute approximate surface area is 141 Å². The number of carbonyl (C=O) groups excluding carboxylic acids is 1. The van der Waals surface area contributed by atoms with Crippen molar-refractivity contribution in [3.05, 3.63) is 65.5 Å². The van der Waals surface area contributed by atoms with E-state index in [4.69, 9.17) is 6.42 Å². The van der Waals surface area contributed by atoms with Gasteiger partial charge in [0.1, 0.15) is 5.82 Å². The summed E-state index contributed by atoms with van der Waals surface area (Å²) in [5.41, 5.74) is 3.54. The Kier molecular flexibility index (Phi) is 4.35. The predicted octanol–water partition coefficient (Wildman–Crippen LogP) is 3.47. The number of para-hydroxylation sites is 2. The number of terminal acetylenes is 1. The number of benzene rings is 2. The van der Waals surface area contributed by atoms with Gasteiger partial charge in [0.25, 0.3) is 5.91 Å². The normalized spacial score (nSPS) is 11.9. The van der Waals surface area contributed by atoms with E-state index in [0.717, 1.165) is 22.4 Å². The lowest BCUT2D eigenvalue weighted by atomic mass is 10.1. The number of rotatable bonds is 4. The van der Waals surface area contributed by atoms with Crippen LogP contribution in [0.25, 0.3) is 11.0 Å². The second-order valence-electron chi connectivity index (χ2n) is 5.81. The molecule has 24 heavy (non-hydrogen) atoms. The van der Waals surface area contributed by atoms with Crippen LogP contribution in [0, 0.1) is 19.3 Å². The van der Waals surface area contributed by atoms with Crippen LogP contribution in [-0.4, -0.2) is 15.5 Å². The number of amides is 1. The van der Waals surface area contributed by atoms with Crippen molar-refractivity contribution in [3.63, 3.8) is 0 Å². The quantitative estimate of drug-likeness (QED) is 0.749. The maximum atomic E-state index is 12.5. The topological polar surface area (TPSA) is 46.9 Å². The van der Waals surface area contributed by atoms with Crippen LogP contribution in [0.15, 0.2) is 48.5 Å². The highest BCUT2D eigenvalue weighted by Crippen LogP contribution is 2.21. The molecule has 1 N–H and O–H groups in total. The second-order valence-corrected chi connectivity index (χ2v) is 5.81. The summed E-state index contributed by atoms with van der Waals surface area (Å²) in [5.74, 6) is 3.30. The molecule has 1 heterocycles. The van der Waals surface area contributed by atoms with Gasteiger partial charge in [-0.05, 0) is 38.1 Å². The lowest BCUT2D eigenvalue weighted by Gasteiger charge is -2.15. The van der Waals surface area contributed by atoms with E-state index >= 15 is 0 Å². The fourth-order valence-electron chi connectivity index (χ4n) is 2.81. The average molecular weight is 317 g/mol. The number of nitrogens with one attached hydrogen (secondary N) is 1. The highest BCUT2D eigenvalue weighted by atomic mass is 16.1. The van der Waals surface area contributed by atoms with Crippen molar-refractivity contribution in [2.24, 2.45) is 0 Å². The molecule has 2 aromatic carbocycles. The molecule has 0 saturated heterocycles. The number of imidazole rings is 1. The van der Waals surface area contributed by atoms with E-state index in [-0.39, 0.29) is 11.9 Å². The lowest BCUT2D eigenvalue weighted by Crippen LogP contribution is -2.28. The molecule has 0 saturated carbocycles. The molecule has 1 atom stereocenters. The Balaban J connectivity index is 1.91. The van der Waals surface area contributed by atoms with Crippen LogP contribution < -0.4 is 5.32 Å².